The maximum Gasteiger partial charge on any atom is 0.374 e. The van der Waals surface area contributed by atoms with Crippen molar-refractivity contribution in [3.05, 3.63) is 23.7 Å². The molecule has 2 rings (SSSR count). The molecule has 1 saturated heterocycles. The van der Waals surface area contributed by atoms with Gasteiger partial charge in [0.25, 0.3) is 0 Å². The maximum atomic E-state index is 11.5. The van der Waals surface area contributed by atoms with E-state index in [9.17, 15) is 4.79 Å². The second-order valence-electron chi connectivity index (χ2n) is 5.03. The number of furan rings is 1. The van der Waals surface area contributed by atoms with Gasteiger partial charge in [-0.25, -0.2) is 4.79 Å². The van der Waals surface area contributed by atoms with Crippen LogP contribution >= 0.6 is 0 Å². The van der Waals surface area contributed by atoms with Crippen LogP contribution in [-0.2, 0) is 11.3 Å². The number of nitrogens with zero attached hydrogens (tertiary/aromatic N) is 1. The minimum absolute atomic E-state index is 0.298. The number of ether oxygens (including phenoxy) is 1. The summed E-state index contributed by atoms with van der Waals surface area (Å²) in [5, 5.41) is 3.40. The second-order valence-corrected chi connectivity index (χ2v) is 5.03. The lowest BCUT2D eigenvalue weighted by molar-refractivity contribution is 0.0563. The average Bonchev–Trinajstić information content (AvgIpc) is 2.88. The predicted octanol–water partition coefficient (Wildman–Crippen LogP) is 1.64. The summed E-state index contributed by atoms with van der Waals surface area (Å²) in [5.41, 5.74) is 0.852. The van der Waals surface area contributed by atoms with Crippen LogP contribution in [0.4, 0.5) is 0 Å². The van der Waals surface area contributed by atoms with E-state index in [2.05, 4.69) is 22.0 Å². The molecule has 1 N–H and O–H groups in total. The molecule has 1 aliphatic heterocycles. The quantitative estimate of drug-likeness (QED) is 0.821. The van der Waals surface area contributed by atoms with Crippen LogP contribution in [0.15, 0.2) is 16.7 Å². The highest BCUT2D eigenvalue weighted by molar-refractivity contribution is 5.87. The molecule has 0 amide bonds. The molecule has 5 nitrogen and oxygen atoms in total. The van der Waals surface area contributed by atoms with Crippen molar-refractivity contribution < 1.29 is 13.9 Å². The van der Waals surface area contributed by atoms with Gasteiger partial charge in [0.1, 0.15) is 0 Å². The summed E-state index contributed by atoms with van der Waals surface area (Å²) in [5.74, 6) is -0.122. The van der Waals surface area contributed by atoms with E-state index in [-0.39, 0.29) is 0 Å². The molecule has 1 fully saturated rings. The van der Waals surface area contributed by atoms with Crippen molar-refractivity contribution in [2.75, 3.05) is 27.2 Å². The van der Waals surface area contributed by atoms with E-state index in [1.807, 2.05) is 6.07 Å². The van der Waals surface area contributed by atoms with Gasteiger partial charge in [-0.2, -0.15) is 0 Å². The van der Waals surface area contributed by atoms with Gasteiger partial charge >= 0.3 is 5.97 Å². The molecule has 106 valence electrons. The molecule has 1 aromatic rings. The number of nitrogens with one attached hydrogen (secondary N) is 1. The van der Waals surface area contributed by atoms with Crippen molar-refractivity contribution >= 4 is 5.97 Å². The highest BCUT2D eigenvalue weighted by atomic mass is 16.5. The number of hydrogen-bond donors (Lipinski definition) is 1. The molecule has 1 aliphatic rings. The molecule has 1 unspecified atom stereocenters. The number of carbonyl (C=O) groups is 1. The van der Waals surface area contributed by atoms with Gasteiger partial charge in [-0.05, 0) is 32.5 Å². The van der Waals surface area contributed by atoms with Crippen LogP contribution in [0, 0.1) is 0 Å². The van der Waals surface area contributed by atoms with Gasteiger partial charge in [-0.1, -0.05) is 6.42 Å². The molecule has 2 heterocycles. The Bertz CT molecular complexity index is 417. The number of methoxy groups -OCH3 is 1. The van der Waals surface area contributed by atoms with E-state index in [1.54, 1.807) is 0 Å². The Morgan fingerprint density at radius 3 is 3.16 bits per heavy atom. The summed E-state index contributed by atoms with van der Waals surface area (Å²) in [6.07, 6.45) is 5.35. The van der Waals surface area contributed by atoms with E-state index in [1.165, 1.54) is 39.2 Å². The number of carbonyl (C=O) groups excluding carboxylic acids is 1. The number of esters is 1. The third-order valence-electron chi connectivity index (χ3n) is 3.73. The van der Waals surface area contributed by atoms with Crippen LogP contribution in [0.1, 0.15) is 35.4 Å². The SMILES string of the molecule is COC(=O)c1occc1CNCC1CCCCN1C. The predicted molar refractivity (Wildman–Crippen MR) is 72.0 cm³/mol. The Morgan fingerprint density at radius 2 is 2.42 bits per heavy atom. The van der Waals surface area contributed by atoms with E-state index >= 15 is 0 Å². The van der Waals surface area contributed by atoms with Gasteiger partial charge in [0.2, 0.25) is 5.76 Å². The van der Waals surface area contributed by atoms with E-state index in [0.29, 0.717) is 18.3 Å². The smallest absolute Gasteiger partial charge is 0.374 e. The Hall–Kier alpha value is -1.33. The number of hydrogen-bond acceptors (Lipinski definition) is 5. The standard InChI is InChI=1S/C14H22N2O3/c1-16-7-4-3-5-12(16)10-15-9-11-6-8-19-13(11)14(17)18-2/h6,8,12,15H,3-5,7,9-10H2,1-2H3. The normalized spacial score (nSPS) is 20.4. The number of likely N-dealkylation sites (N-methyl/N-ethyl adjacent to an activating group) is 1. The Morgan fingerprint density at radius 1 is 1.58 bits per heavy atom. The minimum atomic E-state index is -0.420. The largest absolute Gasteiger partial charge is 0.463 e. The fourth-order valence-electron chi connectivity index (χ4n) is 2.52. The Kier molecular flexibility index (Phi) is 4.99. The lowest BCUT2D eigenvalue weighted by Crippen LogP contribution is -2.42. The molecule has 0 spiro atoms. The topological polar surface area (TPSA) is 54.7 Å². The fraction of sp³-hybridized carbons (Fsp3) is 0.643. The van der Waals surface area contributed by atoms with Crippen LogP contribution in [0.5, 0.6) is 0 Å². The molecule has 1 aromatic heterocycles. The lowest BCUT2D eigenvalue weighted by atomic mass is 10.0. The van der Waals surface area contributed by atoms with Crippen molar-refractivity contribution in [1.29, 1.82) is 0 Å². The van der Waals surface area contributed by atoms with Crippen LogP contribution in [0.3, 0.4) is 0 Å². The maximum absolute atomic E-state index is 11.5. The van der Waals surface area contributed by atoms with Crippen molar-refractivity contribution in [2.45, 2.75) is 31.8 Å². The molecule has 0 radical (unpaired) electrons. The van der Waals surface area contributed by atoms with Crippen LogP contribution in [0.2, 0.25) is 0 Å². The number of piperidine rings is 1. The van der Waals surface area contributed by atoms with E-state index < -0.39 is 5.97 Å². The molecule has 1 atom stereocenters. The zero-order chi connectivity index (χ0) is 13.7. The van der Waals surface area contributed by atoms with Crippen molar-refractivity contribution in [3.63, 3.8) is 0 Å². The Labute approximate surface area is 113 Å². The second kappa shape index (κ2) is 6.73. The molecular weight excluding hydrogens is 244 g/mol. The van der Waals surface area contributed by atoms with Gasteiger partial charge in [0.15, 0.2) is 0 Å². The van der Waals surface area contributed by atoms with Crippen LogP contribution < -0.4 is 5.32 Å². The molecule has 0 saturated carbocycles. The first-order valence-corrected chi connectivity index (χ1v) is 6.78. The van der Waals surface area contributed by atoms with E-state index in [4.69, 9.17) is 4.42 Å². The van der Waals surface area contributed by atoms with Gasteiger partial charge in [0.05, 0.1) is 13.4 Å². The summed E-state index contributed by atoms with van der Waals surface area (Å²) in [6, 6.07) is 2.39. The number of rotatable bonds is 5. The van der Waals surface area contributed by atoms with Crippen molar-refractivity contribution in [2.24, 2.45) is 0 Å². The minimum Gasteiger partial charge on any atom is -0.463 e. The molecule has 0 bridgehead atoms. The summed E-state index contributed by atoms with van der Waals surface area (Å²) in [4.78, 5) is 13.9. The summed E-state index contributed by atoms with van der Waals surface area (Å²) >= 11 is 0. The summed E-state index contributed by atoms with van der Waals surface area (Å²) in [6.45, 7) is 2.74. The first-order chi connectivity index (χ1) is 9.22. The summed E-state index contributed by atoms with van der Waals surface area (Å²) in [7, 11) is 3.53. The van der Waals surface area contributed by atoms with Crippen molar-refractivity contribution in [3.8, 4) is 0 Å². The van der Waals surface area contributed by atoms with E-state index in [0.717, 1.165) is 12.1 Å². The first kappa shape index (κ1) is 14.1. The van der Waals surface area contributed by atoms with Gasteiger partial charge < -0.3 is 19.4 Å². The zero-order valence-electron chi connectivity index (χ0n) is 11.6. The summed E-state index contributed by atoms with van der Waals surface area (Å²) < 4.78 is 9.84. The third kappa shape index (κ3) is 3.58. The van der Waals surface area contributed by atoms with Crippen molar-refractivity contribution in [1.82, 2.24) is 10.2 Å². The number of likely N-dealkylation sites (tertiary alicyclic amines) is 1. The highest BCUT2D eigenvalue weighted by Crippen LogP contribution is 2.15. The molecule has 0 aromatic carbocycles. The molecule has 0 aliphatic carbocycles. The average molecular weight is 266 g/mol. The zero-order valence-corrected chi connectivity index (χ0v) is 11.6. The van der Waals surface area contributed by atoms with Gasteiger partial charge in [0, 0.05) is 24.7 Å². The van der Waals surface area contributed by atoms with Gasteiger partial charge in [-0.15, -0.1) is 0 Å². The molecule has 19 heavy (non-hydrogen) atoms. The lowest BCUT2D eigenvalue weighted by Gasteiger charge is -2.32. The van der Waals surface area contributed by atoms with Gasteiger partial charge in [-0.3, -0.25) is 0 Å². The van der Waals surface area contributed by atoms with Crippen LogP contribution in [0.25, 0.3) is 0 Å². The van der Waals surface area contributed by atoms with Crippen LogP contribution in [-0.4, -0.2) is 44.2 Å². The monoisotopic (exact) mass is 266 g/mol. The highest BCUT2D eigenvalue weighted by Gasteiger charge is 2.19. The first-order valence-electron chi connectivity index (χ1n) is 6.78. The fourth-order valence-corrected chi connectivity index (χ4v) is 2.52. The molecule has 5 heteroatoms. The third-order valence-corrected chi connectivity index (χ3v) is 3.73. The molecular formula is C14H22N2O3. The Balaban J connectivity index is 1.82.